The molecule has 22 heavy (non-hydrogen) atoms. The van der Waals surface area contributed by atoms with Crippen molar-refractivity contribution in [3.63, 3.8) is 0 Å². The van der Waals surface area contributed by atoms with Gasteiger partial charge in [-0.1, -0.05) is 30.2 Å². The lowest BCUT2D eigenvalue weighted by atomic mass is 9.85. The Hall–Kier alpha value is -1.65. The number of benzene rings is 1. The molecule has 1 aromatic heterocycles. The summed E-state index contributed by atoms with van der Waals surface area (Å²) in [4.78, 5) is 9.38. The van der Waals surface area contributed by atoms with Gasteiger partial charge in [0.05, 0.1) is 17.6 Å². The largest absolute Gasteiger partial charge is 0.382 e. The fourth-order valence-electron chi connectivity index (χ4n) is 2.54. The molecule has 1 aromatic carbocycles. The number of nitrogens with zero attached hydrogens (tertiary/aromatic N) is 2. The summed E-state index contributed by atoms with van der Waals surface area (Å²) >= 11 is 5.99. The lowest BCUT2D eigenvalue weighted by Gasteiger charge is -2.24. The van der Waals surface area contributed by atoms with Crippen LogP contribution < -0.4 is 11.1 Å². The minimum Gasteiger partial charge on any atom is -0.382 e. The number of halogens is 1. The Balaban J connectivity index is 1.92. The maximum absolute atomic E-state index is 5.99. The van der Waals surface area contributed by atoms with Crippen molar-refractivity contribution in [2.24, 2.45) is 5.73 Å². The maximum atomic E-state index is 5.99. The summed E-state index contributed by atoms with van der Waals surface area (Å²) in [5, 5.41) is 4.12. The summed E-state index contributed by atoms with van der Waals surface area (Å²) in [6.07, 6.45) is 6.49. The van der Waals surface area contributed by atoms with Gasteiger partial charge in [0.15, 0.2) is 0 Å². The van der Waals surface area contributed by atoms with E-state index in [9.17, 15) is 0 Å². The van der Waals surface area contributed by atoms with E-state index >= 15 is 0 Å². The summed E-state index contributed by atoms with van der Waals surface area (Å²) in [7, 11) is 0. The maximum Gasteiger partial charge on any atom is 0.132 e. The first-order chi connectivity index (χ1) is 10.8. The Bertz CT molecular complexity index is 623. The third kappa shape index (κ3) is 3.39. The van der Waals surface area contributed by atoms with Crippen LogP contribution in [0.4, 0.5) is 5.69 Å². The van der Waals surface area contributed by atoms with Crippen molar-refractivity contribution >= 4 is 17.3 Å². The van der Waals surface area contributed by atoms with Gasteiger partial charge in [0, 0.05) is 23.0 Å². The highest BCUT2D eigenvalue weighted by molar-refractivity contribution is 6.30. The molecule has 0 radical (unpaired) electrons. The first kappa shape index (κ1) is 15.3. The molecule has 1 heterocycles. The normalized spacial score (nSPS) is 14.6. The van der Waals surface area contributed by atoms with Crippen LogP contribution in [0.1, 0.15) is 37.4 Å². The number of hydrogen-bond acceptors (Lipinski definition) is 4. The minimum absolute atomic E-state index is 0.518. The third-order valence-corrected chi connectivity index (χ3v) is 4.34. The second-order valence-electron chi connectivity index (χ2n) is 5.69. The zero-order chi connectivity index (χ0) is 15.4. The zero-order valence-corrected chi connectivity index (χ0v) is 13.3. The molecule has 0 unspecified atom stereocenters. The zero-order valence-electron chi connectivity index (χ0n) is 12.6. The molecule has 5 heteroatoms. The number of nitrogens with one attached hydrogen (secondary N) is 1. The van der Waals surface area contributed by atoms with Gasteiger partial charge in [0.1, 0.15) is 5.82 Å². The average molecular weight is 317 g/mol. The summed E-state index contributed by atoms with van der Waals surface area (Å²) in [6, 6.07) is 7.80. The van der Waals surface area contributed by atoms with Crippen molar-refractivity contribution < 1.29 is 0 Å². The predicted octanol–water partition coefficient (Wildman–Crippen LogP) is 3.83. The van der Waals surface area contributed by atoms with Crippen LogP contribution in [0.5, 0.6) is 0 Å². The van der Waals surface area contributed by atoms with E-state index in [1.54, 1.807) is 0 Å². The van der Waals surface area contributed by atoms with Crippen molar-refractivity contribution in [2.45, 2.75) is 31.6 Å². The van der Waals surface area contributed by atoms with Gasteiger partial charge in [-0.05, 0) is 37.9 Å². The van der Waals surface area contributed by atoms with Gasteiger partial charge < -0.3 is 11.1 Å². The van der Waals surface area contributed by atoms with E-state index in [-0.39, 0.29) is 0 Å². The summed E-state index contributed by atoms with van der Waals surface area (Å²) in [5.74, 6) is 1.48. The molecule has 3 rings (SSSR count). The molecule has 116 valence electrons. The van der Waals surface area contributed by atoms with Gasteiger partial charge in [-0.3, -0.25) is 0 Å². The SMILES string of the molecule is NCCCNc1cnc(C2CCC2)nc1-c1ccc(Cl)cc1. The van der Waals surface area contributed by atoms with Gasteiger partial charge in [0.25, 0.3) is 0 Å². The Morgan fingerprint density at radius 2 is 2.00 bits per heavy atom. The van der Waals surface area contributed by atoms with Crippen molar-refractivity contribution in [1.82, 2.24) is 9.97 Å². The standard InChI is InChI=1S/C17H21ClN4/c18-14-7-5-12(6-8-14)16-15(20-10-2-9-19)11-21-17(22-16)13-3-1-4-13/h5-8,11,13,20H,1-4,9-10,19H2. The van der Waals surface area contributed by atoms with Crippen LogP contribution in [0.3, 0.4) is 0 Å². The number of aromatic nitrogens is 2. The highest BCUT2D eigenvalue weighted by atomic mass is 35.5. The van der Waals surface area contributed by atoms with E-state index < -0.39 is 0 Å². The second kappa shape index (κ2) is 7.07. The van der Waals surface area contributed by atoms with Crippen LogP contribution in [-0.4, -0.2) is 23.1 Å². The molecule has 0 aliphatic heterocycles. The Kier molecular flexibility index (Phi) is 4.90. The first-order valence-corrected chi connectivity index (χ1v) is 8.22. The molecule has 0 amide bonds. The van der Waals surface area contributed by atoms with Crippen molar-refractivity contribution in [2.75, 3.05) is 18.4 Å². The van der Waals surface area contributed by atoms with Gasteiger partial charge >= 0.3 is 0 Å². The highest BCUT2D eigenvalue weighted by Gasteiger charge is 2.23. The quantitative estimate of drug-likeness (QED) is 0.795. The molecule has 0 atom stereocenters. The van der Waals surface area contributed by atoms with Crippen LogP contribution >= 0.6 is 11.6 Å². The number of hydrogen-bond donors (Lipinski definition) is 2. The molecule has 1 aliphatic rings. The summed E-state index contributed by atoms with van der Waals surface area (Å²) < 4.78 is 0. The number of rotatable bonds is 6. The van der Waals surface area contributed by atoms with Crippen molar-refractivity contribution in [1.29, 1.82) is 0 Å². The fourth-order valence-corrected chi connectivity index (χ4v) is 2.67. The van der Waals surface area contributed by atoms with Crippen LogP contribution in [0, 0.1) is 0 Å². The molecule has 0 saturated heterocycles. The minimum atomic E-state index is 0.518. The van der Waals surface area contributed by atoms with Crippen LogP contribution in [0.25, 0.3) is 11.3 Å². The number of anilines is 1. The number of nitrogens with two attached hydrogens (primary N) is 1. The Labute approximate surface area is 136 Å². The summed E-state index contributed by atoms with van der Waals surface area (Å²) in [6.45, 7) is 1.49. The van der Waals surface area contributed by atoms with Crippen LogP contribution in [-0.2, 0) is 0 Å². The van der Waals surface area contributed by atoms with E-state index in [0.29, 0.717) is 12.5 Å². The van der Waals surface area contributed by atoms with Crippen molar-refractivity contribution in [3.8, 4) is 11.3 Å². The highest BCUT2D eigenvalue weighted by Crippen LogP contribution is 2.36. The molecule has 1 aliphatic carbocycles. The van der Waals surface area contributed by atoms with E-state index in [4.69, 9.17) is 22.3 Å². The second-order valence-corrected chi connectivity index (χ2v) is 6.13. The van der Waals surface area contributed by atoms with Crippen molar-refractivity contribution in [3.05, 3.63) is 41.3 Å². The average Bonchev–Trinajstić information content (AvgIpc) is 2.48. The molecule has 0 bridgehead atoms. The van der Waals surface area contributed by atoms with E-state index in [2.05, 4.69) is 10.3 Å². The molecule has 2 aromatic rings. The summed E-state index contributed by atoms with van der Waals surface area (Å²) in [5.41, 5.74) is 8.53. The molecule has 0 spiro atoms. The predicted molar refractivity (Wildman–Crippen MR) is 91.2 cm³/mol. The third-order valence-electron chi connectivity index (χ3n) is 4.09. The lowest BCUT2D eigenvalue weighted by molar-refractivity contribution is 0.402. The first-order valence-electron chi connectivity index (χ1n) is 7.85. The molecular weight excluding hydrogens is 296 g/mol. The van der Waals surface area contributed by atoms with Gasteiger partial charge in [-0.25, -0.2) is 9.97 Å². The molecule has 1 saturated carbocycles. The van der Waals surface area contributed by atoms with Gasteiger partial charge in [-0.2, -0.15) is 0 Å². The Morgan fingerprint density at radius 3 is 2.64 bits per heavy atom. The monoisotopic (exact) mass is 316 g/mol. The van der Waals surface area contributed by atoms with Crippen LogP contribution in [0.2, 0.25) is 5.02 Å². The fraction of sp³-hybridized carbons (Fsp3) is 0.412. The smallest absolute Gasteiger partial charge is 0.132 e. The lowest BCUT2D eigenvalue weighted by Crippen LogP contribution is -2.15. The Morgan fingerprint density at radius 1 is 1.23 bits per heavy atom. The molecular formula is C17H21ClN4. The van der Waals surface area contributed by atoms with Crippen LogP contribution in [0.15, 0.2) is 30.5 Å². The molecule has 4 nitrogen and oxygen atoms in total. The van der Waals surface area contributed by atoms with E-state index in [0.717, 1.165) is 40.8 Å². The molecule has 1 fully saturated rings. The van der Waals surface area contributed by atoms with E-state index in [1.807, 2.05) is 30.5 Å². The van der Waals surface area contributed by atoms with Gasteiger partial charge in [0.2, 0.25) is 0 Å². The van der Waals surface area contributed by atoms with Gasteiger partial charge in [-0.15, -0.1) is 0 Å². The van der Waals surface area contributed by atoms with E-state index in [1.165, 1.54) is 19.3 Å². The molecule has 3 N–H and O–H groups in total. The topological polar surface area (TPSA) is 63.8 Å².